The number of aromatic nitrogens is 1. The highest BCUT2D eigenvalue weighted by Crippen LogP contribution is 2.31. The van der Waals surface area contributed by atoms with Crippen molar-refractivity contribution in [1.82, 2.24) is 4.98 Å². The molecule has 9 heteroatoms. The monoisotopic (exact) mass is 415 g/mol. The number of rotatable bonds is 6. The van der Waals surface area contributed by atoms with E-state index >= 15 is 0 Å². The molecule has 7 nitrogen and oxygen atoms in total. The molecule has 0 spiro atoms. The lowest BCUT2D eigenvalue weighted by atomic mass is 10.2. The molecule has 3 aromatic rings. The number of ether oxygens (including phenoxy) is 1. The third kappa shape index (κ3) is 3.85. The molecule has 28 heavy (non-hydrogen) atoms. The van der Waals surface area contributed by atoms with Gasteiger partial charge in [0.1, 0.15) is 5.75 Å². The van der Waals surface area contributed by atoms with Crippen molar-refractivity contribution in [2.24, 2.45) is 0 Å². The zero-order chi connectivity index (χ0) is 19.6. The minimum atomic E-state index is -3.72. The molecule has 0 bridgehead atoms. The van der Waals surface area contributed by atoms with E-state index in [0.717, 1.165) is 11.3 Å². The van der Waals surface area contributed by atoms with Crippen LogP contribution in [0.4, 0.5) is 10.8 Å². The fourth-order valence-electron chi connectivity index (χ4n) is 2.99. The van der Waals surface area contributed by atoms with E-state index in [0.29, 0.717) is 23.8 Å². The van der Waals surface area contributed by atoms with E-state index in [1.165, 1.54) is 23.6 Å². The average Bonchev–Trinajstić information content (AvgIpc) is 3.35. The van der Waals surface area contributed by atoms with Crippen molar-refractivity contribution in [3.63, 3.8) is 0 Å². The van der Waals surface area contributed by atoms with Crippen LogP contribution in [0, 0.1) is 0 Å². The Morgan fingerprint density at radius 1 is 1.21 bits per heavy atom. The Bertz CT molecular complexity index is 1080. The Morgan fingerprint density at radius 2 is 2.04 bits per heavy atom. The van der Waals surface area contributed by atoms with E-state index in [1.54, 1.807) is 34.5 Å². The van der Waals surface area contributed by atoms with Gasteiger partial charge in [-0.1, -0.05) is 18.2 Å². The van der Waals surface area contributed by atoms with E-state index < -0.39 is 10.0 Å². The lowest BCUT2D eigenvalue weighted by molar-refractivity contribution is -0.120. The molecule has 0 fully saturated rings. The van der Waals surface area contributed by atoms with Crippen molar-refractivity contribution in [3.8, 4) is 5.75 Å². The fraction of sp³-hybridized carbons (Fsp3) is 0.158. The van der Waals surface area contributed by atoms with Crippen LogP contribution < -0.4 is 14.4 Å². The van der Waals surface area contributed by atoms with Crippen molar-refractivity contribution in [2.45, 2.75) is 11.3 Å². The summed E-state index contributed by atoms with van der Waals surface area (Å²) < 4.78 is 33.0. The lowest BCUT2D eigenvalue weighted by Gasteiger charge is -2.18. The van der Waals surface area contributed by atoms with Gasteiger partial charge in [-0.25, -0.2) is 13.4 Å². The van der Waals surface area contributed by atoms with E-state index in [4.69, 9.17) is 4.74 Å². The largest absolute Gasteiger partial charge is 0.484 e. The quantitative estimate of drug-likeness (QED) is 0.669. The summed E-state index contributed by atoms with van der Waals surface area (Å²) in [5, 5.41) is 2.01. The summed E-state index contributed by atoms with van der Waals surface area (Å²) in [6, 6.07) is 13.9. The number of sulfonamides is 1. The van der Waals surface area contributed by atoms with Crippen LogP contribution in [0.15, 0.2) is 65.0 Å². The topological polar surface area (TPSA) is 88.6 Å². The Balaban J connectivity index is 1.48. The molecule has 0 saturated carbocycles. The number of para-hydroxylation sites is 1. The van der Waals surface area contributed by atoms with Gasteiger partial charge in [0.05, 0.1) is 4.90 Å². The summed E-state index contributed by atoms with van der Waals surface area (Å²) >= 11 is 1.21. The number of carbonyl (C=O) groups is 1. The fourth-order valence-corrected chi connectivity index (χ4v) is 4.83. The van der Waals surface area contributed by atoms with Crippen molar-refractivity contribution >= 4 is 38.1 Å². The second-order valence-electron chi connectivity index (χ2n) is 6.13. The van der Waals surface area contributed by atoms with Gasteiger partial charge in [-0.3, -0.25) is 9.52 Å². The van der Waals surface area contributed by atoms with Crippen LogP contribution in [0.25, 0.3) is 0 Å². The molecule has 0 unspecified atom stereocenters. The molecule has 0 aliphatic carbocycles. The van der Waals surface area contributed by atoms with Gasteiger partial charge in [-0.2, -0.15) is 0 Å². The van der Waals surface area contributed by atoms with Crippen LogP contribution in [-0.4, -0.2) is 32.5 Å². The minimum absolute atomic E-state index is 0.0743. The van der Waals surface area contributed by atoms with Crippen LogP contribution in [0.1, 0.15) is 5.56 Å². The number of amides is 1. The van der Waals surface area contributed by atoms with Crippen LogP contribution in [-0.2, 0) is 21.2 Å². The van der Waals surface area contributed by atoms with Gasteiger partial charge >= 0.3 is 0 Å². The number of hydrogen-bond acceptors (Lipinski definition) is 6. The standard InChI is InChI=1S/C19H17N3O4S2/c23-18(13-26-15-4-2-1-3-5-15)22-10-8-14-12-16(6-7-17(14)22)28(24,25)21-19-20-9-11-27-19/h1-7,9,11-12H,8,10,13H2,(H,20,21). The van der Waals surface area contributed by atoms with Crippen LogP contribution in [0.3, 0.4) is 0 Å². The number of anilines is 2. The van der Waals surface area contributed by atoms with Crippen molar-refractivity contribution < 1.29 is 17.9 Å². The average molecular weight is 415 g/mol. The first kappa shape index (κ1) is 18.5. The summed E-state index contributed by atoms with van der Waals surface area (Å²) in [7, 11) is -3.72. The molecule has 1 amide bonds. The van der Waals surface area contributed by atoms with E-state index in [-0.39, 0.29) is 17.4 Å². The molecule has 0 radical (unpaired) electrons. The van der Waals surface area contributed by atoms with Gasteiger partial charge in [-0.05, 0) is 42.3 Å². The third-order valence-electron chi connectivity index (χ3n) is 4.32. The first-order valence-electron chi connectivity index (χ1n) is 8.56. The maximum atomic E-state index is 12.5. The third-order valence-corrected chi connectivity index (χ3v) is 6.47. The SMILES string of the molecule is O=C(COc1ccccc1)N1CCc2cc(S(=O)(=O)Nc3nccs3)ccc21. The van der Waals surface area contributed by atoms with E-state index in [2.05, 4.69) is 9.71 Å². The molecule has 0 atom stereocenters. The summed E-state index contributed by atoms with van der Waals surface area (Å²) in [6.45, 7) is 0.421. The lowest BCUT2D eigenvalue weighted by Crippen LogP contribution is -2.33. The molecule has 144 valence electrons. The van der Waals surface area contributed by atoms with Crippen molar-refractivity contribution in [3.05, 3.63) is 65.7 Å². The number of hydrogen-bond donors (Lipinski definition) is 1. The summed E-state index contributed by atoms with van der Waals surface area (Å²) in [5.74, 6) is 0.462. The summed E-state index contributed by atoms with van der Waals surface area (Å²) in [5.41, 5.74) is 1.53. The summed E-state index contributed by atoms with van der Waals surface area (Å²) in [4.78, 5) is 18.3. The van der Waals surface area contributed by atoms with Crippen LogP contribution in [0.2, 0.25) is 0 Å². The van der Waals surface area contributed by atoms with E-state index in [9.17, 15) is 13.2 Å². The molecule has 4 rings (SSSR count). The predicted molar refractivity (Wildman–Crippen MR) is 107 cm³/mol. The van der Waals surface area contributed by atoms with Crippen molar-refractivity contribution in [1.29, 1.82) is 0 Å². The predicted octanol–water partition coefficient (Wildman–Crippen LogP) is 2.91. The highest BCUT2D eigenvalue weighted by molar-refractivity contribution is 7.93. The zero-order valence-corrected chi connectivity index (χ0v) is 16.4. The van der Waals surface area contributed by atoms with Gasteiger partial charge in [0.15, 0.2) is 11.7 Å². The van der Waals surface area contributed by atoms with Crippen LogP contribution in [0.5, 0.6) is 5.75 Å². The highest BCUT2D eigenvalue weighted by Gasteiger charge is 2.27. The Labute approximate surface area is 166 Å². The minimum Gasteiger partial charge on any atom is -0.484 e. The second-order valence-corrected chi connectivity index (χ2v) is 8.71. The number of nitrogens with zero attached hydrogens (tertiary/aromatic N) is 2. The number of benzene rings is 2. The number of fused-ring (bicyclic) bond motifs is 1. The van der Waals surface area contributed by atoms with Gasteiger partial charge in [-0.15, -0.1) is 11.3 Å². The molecule has 2 heterocycles. The van der Waals surface area contributed by atoms with E-state index in [1.807, 2.05) is 18.2 Å². The Morgan fingerprint density at radius 3 is 2.79 bits per heavy atom. The molecule has 1 aliphatic rings. The maximum Gasteiger partial charge on any atom is 0.264 e. The van der Waals surface area contributed by atoms with Gasteiger partial charge < -0.3 is 9.64 Å². The normalized spacial score (nSPS) is 13.2. The smallest absolute Gasteiger partial charge is 0.264 e. The highest BCUT2D eigenvalue weighted by atomic mass is 32.2. The molecule has 2 aromatic carbocycles. The Kier molecular flexibility index (Phi) is 5.01. The second kappa shape index (κ2) is 7.61. The van der Waals surface area contributed by atoms with Gasteiger partial charge in [0.25, 0.3) is 15.9 Å². The number of nitrogens with one attached hydrogen (secondary N) is 1. The van der Waals surface area contributed by atoms with Crippen LogP contribution >= 0.6 is 11.3 Å². The molecule has 1 N–H and O–H groups in total. The number of carbonyl (C=O) groups excluding carboxylic acids is 1. The molecular formula is C19H17N3O4S2. The van der Waals surface area contributed by atoms with Crippen molar-refractivity contribution in [2.75, 3.05) is 22.8 Å². The molecule has 1 aliphatic heterocycles. The molecular weight excluding hydrogens is 398 g/mol. The maximum absolute atomic E-state index is 12.5. The Hall–Kier alpha value is -2.91. The van der Waals surface area contributed by atoms with Gasteiger partial charge in [0.2, 0.25) is 0 Å². The first-order valence-corrected chi connectivity index (χ1v) is 10.9. The summed E-state index contributed by atoms with van der Waals surface area (Å²) in [6.07, 6.45) is 2.12. The van der Waals surface area contributed by atoms with Gasteiger partial charge in [0, 0.05) is 23.8 Å². The zero-order valence-electron chi connectivity index (χ0n) is 14.7. The molecule has 1 aromatic heterocycles. The first-order chi connectivity index (χ1) is 13.5. The molecule has 0 saturated heterocycles. The number of thiazole rings is 1.